The summed E-state index contributed by atoms with van der Waals surface area (Å²) in [5, 5.41) is 2.46. The van der Waals surface area contributed by atoms with Gasteiger partial charge in [-0.1, -0.05) is 24.3 Å². The fourth-order valence-electron chi connectivity index (χ4n) is 4.16. The SMILES string of the molecule is CNC(=O)OCC1c2cc(C(=O)CCCOC)ccc2-c2ccc(C(=O)CCCOC)cc21. The molecule has 0 aromatic heterocycles. The second-order valence-corrected chi connectivity index (χ2v) is 8.04. The number of benzene rings is 2. The summed E-state index contributed by atoms with van der Waals surface area (Å²) in [6, 6.07) is 11.3. The van der Waals surface area contributed by atoms with E-state index in [2.05, 4.69) is 5.32 Å². The van der Waals surface area contributed by atoms with E-state index in [-0.39, 0.29) is 24.1 Å². The number of Topliss-reactive ketones (excluding diaryl/α,β-unsaturated/α-hetero) is 2. The maximum atomic E-state index is 12.7. The number of methoxy groups -OCH3 is 2. The summed E-state index contributed by atoms with van der Waals surface area (Å²) in [4.78, 5) is 37.1. The molecule has 0 saturated carbocycles. The molecule has 2 aromatic carbocycles. The number of hydrogen-bond acceptors (Lipinski definition) is 6. The smallest absolute Gasteiger partial charge is 0.406 e. The Morgan fingerprint density at radius 3 is 1.73 bits per heavy atom. The molecule has 3 rings (SSSR count). The van der Waals surface area contributed by atoms with Gasteiger partial charge in [0.25, 0.3) is 0 Å². The van der Waals surface area contributed by atoms with Gasteiger partial charge < -0.3 is 19.5 Å². The summed E-state index contributed by atoms with van der Waals surface area (Å²) in [5.74, 6) is -0.165. The van der Waals surface area contributed by atoms with Crippen LogP contribution in [0.2, 0.25) is 0 Å². The number of carbonyl (C=O) groups excluding carboxylic acids is 3. The van der Waals surface area contributed by atoms with Crippen LogP contribution in [0, 0.1) is 0 Å². The molecule has 7 nitrogen and oxygen atoms in total. The van der Waals surface area contributed by atoms with Crippen LogP contribution in [-0.2, 0) is 14.2 Å². The van der Waals surface area contributed by atoms with E-state index in [0.29, 0.717) is 50.0 Å². The molecule has 0 saturated heterocycles. The molecule has 1 N–H and O–H groups in total. The van der Waals surface area contributed by atoms with E-state index < -0.39 is 6.09 Å². The Kier molecular flexibility index (Phi) is 8.74. The summed E-state index contributed by atoms with van der Waals surface area (Å²) in [7, 11) is 4.74. The van der Waals surface area contributed by atoms with Crippen LogP contribution in [0.4, 0.5) is 4.79 Å². The van der Waals surface area contributed by atoms with Crippen molar-refractivity contribution in [1.82, 2.24) is 5.32 Å². The number of rotatable bonds is 12. The van der Waals surface area contributed by atoms with Gasteiger partial charge in [-0.05, 0) is 47.2 Å². The fourth-order valence-corrected chi connectivity index (χ4v) is 4.16. The number of nitrogens with one attached hydrogen (secondary N) is 1. The molecule has 7 heteroatoms. The Morgan fingerprint density at radius 1 is 0.818 bits per heavy atom. The van der Waals surface area contributed by atoms with Gasteiger partial charge in [-0.3, -0.25) is 9.59 Å². The van der Waals surface area contributed by atoms with Crippen molar-refractivity contribution in [3.05, 3.63) is 58.7 Å². The van der Waals surface area contributed by atoms with Crippen LogP contribution in [-0.4, -0.2) is 58.7 Å². The highest BCUT2D eigenvalue weighted by Crippen LogP contribution is 2.46. The quantitative estimate of drug-likeness (QED) is 0.379. The van der Waals surface area contributed by atoms with Gasteiger partial charge in [0, 0.05) is 64.4 Å². The third kappa shape index (κ3) is 5.86. The number of amides is 1. The summed E-state index contributed by atoms with van der Waals surface area (Å²) < 4.78 is 15.5. The van der Waals surface area contributed by atoms with Gasteiger partial charge >= 0.3 is 6.09 Å². The van der Waals surface area contributed by atoms with Crippen molar-refractivity contribution in [2.45, 2.75) is 31.6 Å². The highest BCUT2D eigenvalue weighted by atomic mass is 16.5. The molecule has 1 aliphatic rings. The van der Waals surface area contributed by atoms with Crippen LogP contribution < -0.4 is 5.32 Å². The Morgan fingerprint density at radius 2 is 1.30 bits per heavy atom. The van der Waals surface area contributed by atoms with E-state index in [9.17, 15) is 14.4 Å². The molecule has 0 heterocycles. The first-order chi connectivity index (χ1) is 16.0. The minimum absolute atomic E-state index is 0.0470. The van der Waals surface area contributed by atoms with Gasteiger partial charge in [0.15, 0.2) is 11.6 Å². The number of carbonyl (C=O) groups is 3. The summed E-state index contributed by atoms with van der Waals surface area (Å²) in [6.45, 7) is 1.18. The second-order valence-electron chi connectivity index (χ2n) is 8.04. The van der Waals surface area contributed by atoms with Crippen molar-refractivity contribution >= 4 is 17.7 Å². The van der Waals surface area contributed by atoms with E-state index in [1.807, 2.05) is 36.4 Å². The lowest BCUT2D eigenvalue weighted by atomic mass is 9.93. The van der Waals surface area contributed by atoms with Crippen LogP contribution >= 0.6 is 0 Å². The molecule has 1 amide bonds. The van der Waals surface area contributed by atoms with Crippen LogP contribution in [0.25, 0.3) is 11.1 Å². The predicted octanol–water partition coefficient (Wildman–Crippen LogP) is 4.37. The zero-order valence-electron chi connectivity index (χ0n) is 19.4. The molecular formula is C26H31NO6. The van der Waals surface area contributed by atoms with Crippen molar-refractivity contribution in [3.63, 3.8) is 0 Å². The zero-order chi connectivity index (χ0) is 23.8. The molecule has 1 aliphatic carbocycles. The average molecular weight is 454 g/mol. The third-order valence-corrected chi connectivity index (χ3v) is 5.88. The fraction of sp³-hybridized carbons (Fsp3) is 0.423. The number of alkyl carbamates (subject to hydrolysis) is 1. The van der Waals surface area contributed by atoms with Crippen molar-refractivity contribution in [2.24, 2.45) is 0 Å². The van der Waals surface area contributed by atoms with E-state index >= 15 is 0 Å². The van der Waals surface area contributed by atoms with Crippen molar-refractivity contribution in [3.8, 4) is 11.1 Å². The second kappa shape index (κ2) is 11.7. The standard InChI is InChI=1S/C26H31NO6/c1-27-26(30)33-16-23-21-14-17(24(28)6-4-12-31-2)8-10-19(21)20-11-9-18(15-22(20)23)25(29)7-5-13-32-3/h8-11,14-15,23H,4-7,12-13,16H2,1-3H3,(H,27,30). The molecule has 0 aliphatic heterocycles. The Hall–Kier alpha value is -3.03. The lowest BCUT2D eigenvalue weighted by Crippen LogP contribution is -2.22. The lowest BCUT2D eigenvalue weighted by Gasteiger charge is -2.15. The highest BCUT2D eigenvalue weighted by Gasteiger charge is 2.31. The van der Waals surface area contributed by atoms with Crippen molar-refractivity contribution in [2.75, 3.05) is 41.1 Å². The van der Waals surface area contributed by atoms with Gasteiger partial charge in [0.1, 0.15) is 6.61 Å². The van der Waals surface area contributed by atoms with Gasteiger partial charge in [0.05, 0.1) is 0 Å². The van der Waals surface area contributed by atoms with Crippen LogP contribution in [0.15, 0.2) is 36.4 Å². The van der Waals surface area contributed by atoms with Crippen LogP contribution in [0.3, 0.4) is 0 Å². The minimum atomic E-state index is -0.524. The number of hydrogen-bond donors (Lipinski definition) is 1. The first-order valence-electron chi connectivity index (χ1n) is 11.2. The number of ether oxygens (including phenoxy) is 3. The van der Waals surface area contributed by atoms with E-state index in [4.69, 9.17) is 14.2 Å². The molecule has 0 bridgehead atoms. The molecule has 0 spiro atoms. The largest absolute Gasteiger partial charge is 0.449 e. The molecule has 0 radical (unpaired) electrons. The Balaban J connectivity index is 1.92. The van der Waals surface area contributed by atoms with Crippen molar-refractivity contribution in [1.29, 1.82) is 0 Å². The average Bonchev–Trinajstić information content (AvgIpc) is 3.14. The molecule has 0 atom stereocenters. The maximum Gasteiger partial charge on any atom is 0.406 e. The van der Waals surface area contributed by atoms with Gasteiger partial charge in [-0.25, -0.2) is 4.79 Å². The Labute approximate surface area is 194 Å². The lowest BCUT2D eigenvalue weighted by molar-refractivity contribution is 0.0956. The Bertz CT molecular complexity index is 944. The normalized spacial score (nSPS) is 12.2. The molecule has 176 valence electrons. The van der Waals surface area contributed by atoms with Gasteiger partial charge in [-0.15, -0.1) is 0 Å². The summed E-state index contributed by atoms with van der Waals surface area (Å²) >= 11 is 0. The molecule has 0 fully saturated rings. The predicted molar refractivity (Wildman–Crippen MR) is 125 cm³/mol. The first-order valence-corrected chi connectivity index (χ1v) is 11.2. The van der Waals surface area contributed by atoms with E-state index in [1.165, 1.54) is 7.05 Å². The van der Waals surface area contributed by atoms with Crippen LogP contribution in [0.5, 0.6) is 0 Å². The molecular weight excluding hydrogens is 422 g/mol. The summed E-state index contributed by atoms with van der Waals surface area (Å²) in [6.07, 6.45) is 1.59. The zero-order valence-corrected chi connectivity index (χ0v) is 19.4. The molecule has 2 aromatic rings. The van der Waals surface area contributed by atoms with Gasteiger partial charge in [0.2, 0.25) is 0 Å². The van der Waals surface area contributed by atoms with E-state index in [0.717, 1.165) is 22.3 Å². The molecule has 33 heavy (non-hydrogen) atoms. The minimum Gasteiger partial charge on any atom is -0.449 e. The van der Waals surface area contributed by atoms with E-state index in [1.54, 1.807) is 14.2 Å². The third-order valence-electron chi connectivity index (χ3n) is 5.88. The van der Waals surface area contributed by atoms with Crippen molar-refractivity contribution < 1.29 is 28.6 Å². The number of fused-ring (bicyclic) bond motifs is 3. The number of ketones is 2. The highest BCUT2D eigenvalue weighted by molar-refractivity contribution is 5.99. The molecule has 0 unspecified atom stereocenters. The van der Waals surface area contributed by atoms with Crippen LogP contribution in [0.1, 0.15) is 63.4 Å². The summed E-state index contributed by atoms with van der Waals surface area (Å²) in [5.41, 5.74) is 5.08. The topological polar surface area (TPSA) is 90.9 Å². The maximum absolute atomic E-state index is 12.7. The monoisotopic (exact) mass is 453 g/mol. The van der Waals surface area contributed by atoms with Gasteiger partial charge in [-0.2, -0.15) is 0 Å². The first kappa shape index (κ1) is 24.6.